The maximum absolute atomic E-state index is 5.77. The van der Waals surface area contributed by atoms with E-state index in [1.54, 1.807) is 0 Å². The standard InChI is InChI=1S/C18H29NO/c1-16-9-8-12-18(15-16)20-14-7-6-13-19-17-10-4-2-3-5-11-17/h8-9,12,15,17,19H,2-7,10-11,13-14H2,1H3. The highest BCUT2D eigenvalue weighted by Crippen LogP contribution is 2.17. The molecule has 0 atom stereocenters. The average Bonchev–Trinajstić information content (AvgIpc) is 2.71. The molecule has 0 bridgehead atoms. The van der Waals surface area contributed by atoms with Crippen LogP contribution in [0.1, 0.15) is 56.9 Å². The third-order valence-electron chi connectivity index (χ3n) is 4.12. The quantitative estimate of drug-likeness (QED) is 0.585. The molecule has 0 unspecified atom stereocenters. The van der Waals surface area contributed by atoms with E-state index in [9.17, 15) is 0 Å². The molecule has 20 heavy (non-hydrogen) atoms. The minimum atomic E-state index is 0.773. The Bertz CT molecular complexity index is 369. The van der Waals surface area contributed by atoms with E-state index in [1.165, 1.54) is 50.5 Å². The number of ether oxygens (including phenoxy) is 1. The van der Waals surface area contributed by atoms with Gasteiger partial charge < -0.3 is 10.1 Å². The summed E-state index contributed by atoms with van der Waals surface area (Å²) in [4.78, 5) is 0. The van der Waals surface area contributed by atoms with Gasteiger partial charge in [-0.3, -0.25) is 0 Å². The van der Waals surface area contributed by atoms with Crippen molar-refractivity contribution in [1.29, 1.82) is 0 Å². The first-order valence-corrected chi connectivity index (χ1v) is 8.27. The summed E-state index contributed by atoms with van der Waals surface area (Å²) in [6, 6.07) is 9.07. The molecular formula is C18H29NO. The van der Waals surface area contributed by atoms with Crippen molar-refractivity contribution in [2.45, 2.75) is 64.3 Å². The molecule has 0 saturated heterocycles. The van der Waals surface area contributed by atoms with Crippen molar-refractivity contribution >= 4 is 0 Å². The number of benzene rings is 1. The molecule has 0 aliphatic heterocycles. The number of aryl methyl sites for hydroxylation is 1. The minimum absolute atomic E-state index is 0.773. The molecule has 1 aliphatic carbocycles. The van der Waals surface area contributed by atoms with Crippen LogP contribution < -0.4 is 10.1 Å². The van der Waals surface area contributed by atoms with Crippen molar-refractivity contribution in [1.82, 2.24) is 5.32 Å². The van der Waals surface area contributed by atoms with E-state index < -0.39 is 0 Å². The van der Waals surface area contributed by atoms with Gasteiger partial charge in [0.2, 0.25) is 0 Å². The molecule has 1 fully saturated rings. The lowest BCUT2D eigenvalue weighted by molar-refractivity contribution is 0.303. The smallest absolute Gasteiger partial charge is 0.119 e. The van der Waals surface area contributed by atoms with Crippen molar-refractivity contribution < 1.29 is 4.74 Å². The van der Waals surface area contributed by atoms with E-state index in [1.807, 2.05) is 6.07 Å². The Kier molecular flexibility index (Phi) is 6.93. The molecule has 1 saturated carbocycles. The molecule has 2 rings (SSSR count). The molecule has 0 aromatic heterocycles. The molecule has 1 aromatic carbocycles. The normalized spacial score (nSPS) is 16.9. The Morgan fingerprint density at radius 3 is 2.65 bits per heavy atom. The van der Waals surface area contributed by atoms with Gasteiger partial charge in [0.1, 0.15) is 5.75 Å². The average molecular weight is 275 g/mol. The molecule has 0 spiro atoms. The number of hydrogen-bond acceptors (Lipinski definition) is 2. The van der Waals surface area contributed by atoms with Crippen LogP contribution in [0.4, 0.5) is 0 Å². The zero-order valence-corrected chi connectivity index (χ0v) is 12.9. The molecule has 1 N–H and O–H groups in total. The number of unbranched alkanes of at least 4 members (excludes halogenated alkanes) is 1. The van der Waals surface area contributed by atoms with Crippen molar-refractivity contribution in [2.24, 2.45) is 0 Å². The van der Waals surface area contributed by atoms with E-state index in [0.29, 0.717) is 0 Å². The second-order valence-electron chi connectivity index (χ2n) is 6.01. The lowest BCUT2D eigenvalue weighted by Crippen LogP contribution is -2.29. The topological polar surface area (TPSA) is 21.3 Å². The van der Waals surface area contributed by atoms with Gasteiger partial charge in [-0.25, -0.2) is 0 Å². The predicted octanol–water partition coefficient (Wildman–Crippen LogP) is 4.47. The Balaban J connectivity index is 1.51. The summed E-state index contributed by atoms with van der Waals surface area (Å²) in [5.74, 6) is 1.00. The summed E-state index contributed by atoms with van der Waals surface area (Å²) < 4.78 is 5.77. The van der Waals surface area contributed by atoms with Crippen LogP contribution in [0.3, 0.4) is 0 Å². The third-order valence-corrected chi connectivity index (χ3v) is 4.12. The van der Waals surface area contributed by atoms with Crippen LogP contribution in [0.5, 0.6) is 5.75 Å². The van der Waals surface area contributed by atoms with Gasteiger partial charge in [-0.1, -0.05) is 37.8 Å². The van der Waals surface area contributed by atoms with Crippen LogP contribution in [0, 0.1) is 6.92 Å². The highest BCUT2D eigenvalue weighted by atomic mass is 16.5. The summed E-state index contributed by atoms with van der Waals surface area (Å²) in [6.07, 6.45) is 10.8. The largest absolute Gasteiger partial charge is 0.494 e. The van der Waals surface area contributed by atoms with Gasteiger partial charge in [0.25, 0.3) is 0 Å². The van der Waals surface area contributed by atoms with Gasteiger partial charge in [0.15, 0.2) is 0 Å². The second-order valence-corrected chi connectivity index (χ2v) is 6.01. The highest BCUT2D eigenvalue weighted by Gasteiger charge is 2.10. The van der Waals surface area contributed by atoms with Crippen molar-refractivity contribution in [3.63, 3.8) is 0 Å². The molecule has 0 amide bonds. The molecule has 0 radical (unpaired) electrons. The van der Waals surface area contributed by atoms with E-state index in [4.69, 9.17) is 4.74 Å². The first kappa shape index (κ1) is 15.4. The lowest BCUT2D eigenvalue weighted by atomic mass is 10.1. The van der Waals surface area contributed by atoms with Crippen molar-refractivity contribution in [3.8, 4) is 5.75 Å². The minimum Gasteiger partial charge on any atom is -0.494 e. The molecule has 1 aromatic rings. The fourth-order valence-corrected chi connectivity index (χ4v) is 2.91. The van der Waals surface area contributed by atoms with E-state index in [2.05, 4.69) is 30.4 Å². The van der Waals surface area contributed by atoms with Crippen LogP contribution in [-0.4, -0.2) is 19.2 Å². The number of hydrogen-bond donors (Lipinski definition) is 1. The Morgan fingerprint density at radius 2 is 1.90 bits per heavy atom. The Morgan fingerprint density at radius 1 is 1.10 bits per heavy atom. The monoisotopic (exact) mass is 275 g/mol. The summed E-state index contributed by atoms with van der Waals surface area (Å²) >= 11 is 0. The van der Waals surface area contributed by atoms with Crippen LogP contribution in [0.25, 0.3) is 0 Å². The molecule has 2 heteroatoms. The van der Waals surface area contributed by atoms with Crippen molar-refractivity contribution in [2.75, 3.05) is 13.2 Å². The van der Waals surface area contributed by atoms with Gasteiger partial charge >= 0.3 is 0 Å². The van der Waals surface area contributed by atoms with E-state index in [-0.39, 0.29) is 0 Å². The molecule has 1 aliphatic rings. The highest BCUT2D eigenvalue weighted by molar-refractivity contribution is 5.27. The fourth-order valence-electron chi connectivity index (χ4n) is 2.91. The van der Waals surface area contributed by atoms with E-state index in [0.717, 1.165) is 31.4 Å². The maximum atomic E-state index is 5.77. The van der Waals surface area contributed by atoms with Gasteiger partial charge in [-0.05, 0) is 56.8 Å². The van der Waals surface area contributed by atoms with Gasteiger partial charge in [-0.2, -0.15) is 0 Å². The second kappa shape index (κ2) is 9.02. The van der Waals surface area contributed by atoms with E-state index >= 15 is 0 Å². The molecule has 0 heterocycles. The lowest BCUT2D eigenvalue weighted by Gasteiger charge is -2.16. The van der Waals surface area contributed by atoms with Crippen LogP contribution in [0.2, 0.25) is 0 Å². The van der Waals surface area contributed by atoms with Crippen LogP contribution in [0.15, 0.2) is 24.3 Å². The zero-order chi connectivity index (χ0) is 14.0. The van der Waals surface area contributed by atoms with Crippen LogP contribution in [-0.2, 0) is 0 Å². The number of nitrogens with one attached hydrogen (secondary N) is 1. The van der Waals surface area contributed by atoms with Gasteiger partial charge in [0, 0.05) is 6.04 Å². The predicted molar refractivity (Wildman–Crippen MR) is 85.4 cm³/mol. The summed E-state index contributed by atoms with van der Waals surface area (Å²) in [6.45, 7) is 4.07. The fraction of sp³-hybridized carbons (Fsp3) is 0.667. The molecule has 2 nitrogen and oxygen atoms in total. The summed E-state index contributed by atoms with van der Waals surface area (Å²) in [5.41, 5.74) is 1.26. The van der Waals surface area contributed by atoms with Crippen LogP contribution >= 0.6 is 0 Å². The summed E-state index contributed by atoms with van der Waals surface area (Å²) in [7, 11) is 0. The molecule has 112 valence electrons. The van der Waals surface area contributed by atoms with Gasteiger partial charge in [-0.15, -0.1) is 0 Å². The molecular weight excluding hydrogens is 246 g/mol. The number of rotatable bonds is 7. The summed E-state index contributed by atoms with van der Waals surface area (Å²) in [5, 5.41) is 3.71. The zero-order valence-electron chi connectivity index (χ0n) is 12.9. The maximum Gasteiger partial charge on any atom is 0.119 e. The third kappa shape index (κ3) is 5.96. The van der Waals surface area contributed by atoms with Gasteiger partial charge in [0.05, 0.1) is 6.61 Å². The first-order chi connectivity index (χ1) is 9.84. The Labute approximate surface area is 123 Å². The van der Waals surface area contributed by atoms with Crippen molar-refractivity contribution in [3.05, 3.63) is 29.8 Å². The SMILES string of the molecule is Cc1cccc(OCCCCNC2CCCCCC2)c1. The Hall–Kier alpha value is -1.02. The first-order valence-electron chi connectivity index (χ1n) is 8.27.